The fraction of sp³-hybridized carbons (Fsp3) is 0.400. The minimum absolute atomic E-state index is 0.0656. The molecule has 0 saturated carbocycles. The summed E-state index contributed by atoms with van der Waals surface area (Å²) in [6.45, 7) is 3.13. The van der Waals surface area contributed by atoms with Crippen molar-refractivity contribution in [1.82, 2.24) is 14.8 Å². The van der Waals surface area contributed by atoms with Gasteiger partial charge in [-0.25, -0.2) is 0 Å². The highest BCUT2D eigenvalue weighted by Gasteiger charge is 2.29. The highest BCUT2D eigenvalue weighted by atomic mass is 16.5. The van der Waals surface area contributed by atoms with Crippen molar-refractivity contribution in [2.24, 2.45) is 0 Å². The fourth-order valence-electron chi connectivity index (χ4n) is 3.29. The van der Waals surface area contributed by atoms with Crippen LogP contribution in [0.2, 0.25) is 0 Å². The standard InChI is InChI=1S/C20H25N3O3/c1-22(13-15-6-4-7-21-12-15)8-5-9-23-14-16-10-18(25-2)19(26-3)11-17(16)20(23)24/h4,6-7,10-12H,5,8-9,13-14H2,1-3H3. The van der Waals surface area contributed by atoms with E-state index in [4.69, 9.17) is 9.47 Å². The summed E-state index contributed by atoms with van der Waals surface area (Å²) < 4.78 is 10.6. The number of ether oxygens (including phenoxy) is 2. The summed E-state index contributed by atoms with van der Waals surface area (Å²) in [6.07, 6.45) is 4.59. The third-order valence-corrected chi connectivity index (χ3v) is 4.63. The van der Waals surface area contributed by atoms with Crippen molar-refractivity contribution in [2.45, 2.75) is 19.5 Å². The maximum absolute atomic E-state index is 12.6. The molecule has 1 aromatic carbocycles. The van der Waals surface area contributed by atoms with Crippen molar-refractivity contribution >= 4 is 5.91 Å². The summed E-state index contributed by atoms with van der Waals surface area (Å²) in [5.74, 6) is 1.32. The van der Waals surface area contributed by atoms with E-state index in [1.807, 2.05) is 23.2 Å². The Morgan fingerprint density at radius 2 is 2.00 bits per heavy atom. The third-order valence-electron chi connectivity index (χ3n) is 4.63. The van der Waals surface area contributed by atoms with Crippen molar-refractivity contribution < 1.29 is 14.3 Å². The molecule has 0 aliphatic carbocycles. The van der Waals surface area contributed by atoms with Gasteiger partial charge < -0.3 is 19.3 Å². The predicted octanol–water partition coefficient (Wildman–Crippen LogP) is 2.58. The molecule has 0 unspecified atom stereocenters. The van der Waals surface area contributed by atoms with E-state index in [0.29, 0.717) is 23.6 Å². The first-order valence-electron chi connectivity index (χ1n) is 8.74. The van der Waals surface area contributed by atoms with Crippen LogP contribution in [0.5, 0.6) is 11.5 Å². The van der Waals surface area contributed by atoms with Crippen LogP contribution in [0.25, 0.3) is 0 Å². The van der Waals surface area contributed by atoms with Crippen molar-refractivity contribution in [3.8, 4) is 11.5 Å². The van der Waals surface area contributed by atoms with Crippen LogP contribution in [0.4, 0.5) is 0 Å². The Hall–Kier alpha value is -2.60. The van der Waals surface area contributed by atoms with Gasteiger partial charge in [-0.2, -0.15) is 0 Å². The first-order chi connectivity index (χ1) is 12.6. The second kappa shape index (κ2) is 8.19. The van der Waals surface area contributed by atoms with Gasteiger partial charge in [0.15, 0.2) is 11.5 Å². The topological polar surface area (TPSA) is 54.9 Å². The number of carbonyl (C=O) groups is 1. The first kappa shape index (κ1) is 18.2. The molecule has 1 aliphatic rings. The number of rotatable bonds is 8. The largest absolute Gasteiger partial charge is 0.493 e. The molecule has 1 amide bonds. The van der Waals surface area contributed by atoms with Crippen molar-refractivity contribution in [1.29, 1.82) is 0 Å². The summed E-state index contributed by atoms with van der Waals surface area (Å²) in [5, 5.41) is 0. The van der Waals surface area contributed by atoms with E-state index < -0.39 is 0 Å². The van der Waals surface area contributed by atoms with E-state index in [-0.39, 0.29) is 5.91 Å². The van der Waals surface area contributed by atoms with Gasteiger partial charge in [0.2, 0.25) is 0 Å². The molecule has 0 N–H and O–H groups in total. The molecular weight excluding hydrogens is 330 g/mol. The van der Waals surface area contributed by atoms with E-state index in [1.54, 1.807) is 26.5 Å². The maximum Gasteiger partial charge on any atom is 0.254 e. The smallest absolute Gasteiger partial charge is 0.254 e. The Bertz CT molecular complexity index is 764. The molecule has 1 aromatic heterocycles. The summed E-state index contributed by atoms with van der Waals surface area (Å²) in [4.78, 5) is 20.9. The zero-order valence-electron chi connectivity index (χ0n) is 15.6. The van der Waals surface area contributed by atoms with E-state index in [9.17, 15) is 4.79 Å². The van der Waals surface area contributed by atoms with Gasteiger partial charge in [-0.05, 0) is 49.3 Å². The SMILES string of the molecule is COc1cc2c(cc1OC)C(=O)N(CCCN(C)Cc1cccnc1)C2. The van der Waals surface area contributed by atoms with Gasteiger partial charge in [0.05, 0.1) is 14.2 Å². The highest BCUT2D eigenvalue weighted by Crippen LogP contribution is 2.34. The van der Waals surface area contributed by atoms with Crippen molar-refractivity contribution in [2.75, 3.05) is 34.4 Å². The van der Waals surface area contributed by atoms with Crippen LogP contribution in [-0.2, 0) is 13.1 Å². The fourth-order valence-corrected chi connectivity index (χ4v) is 3.29. The summed E-state index contributed by atoms with van der Waals surface area (Å²) >= 11 is 0. The average molecular weight is 355 g/mol. The molecule has 3 rings (SSSR count). The molecule has 1 aliphatic heterocycles. The van der Waals surface area contributed by atoms with Crippen LogP contribution < -0.4 is 9.47 Å². The number of fused-ring (bicyclic) bond motifs is 1. The van der Waals surface area contributed by atoms with Gasteiger partial charge >= 0.3 is 0 Å². The van der Waals surface area contributed by atoms with Gasteiger partial charge in [0.25, 0.3) is 5.91 Å². The lowest BCUT2D eigenvalue weighted by Gasteiger charge is -2.20. The zero-order chi connectivity index (χ0) is 18.5. The number of aromatic nitrogens is 1. The van der Waals surface area contributed by atoms with Gasteiger partial charge in [-0.3, -0.25) is 9.78 Å². The number of pyridine rings is 1. The van der Waals surface area contributed by atoms with Crippen molar-refractivity contribution in [3.63, 3.8) is 0 Å². The van der Waals surface area contributed by atoms with Gasteiger partial charge in [-0.1, -0.05) is 6.07 Å². The lowest BCUT2D eigenvalue weighted by molar-refractivity contribution is 0.0771. The molecule has 2 heterocycles. The Labute approximate surface area is 154 Å². The molecule has 26 heavy (non-hydrogen) atoms. The van der Waals surface area contributed by atoms with Gasteiger partial charge in [-0.15, -0.1) is 0 Å². The molecule has 0 atom stereocenters. The Morgan fingerprint density at radius 1 is 1.23 bits per heavy atom. The van der Waals surface area contributed by atoms with Crippen LogP contribution in [0.3, 0.4) is 0 Å². The minimum atomic E-state index is 0.0656. The monoisotopic (exact) mass is 355 g/mol. The van der Waals surface area contributed by atoms with E-state index >= 15 is 0 Å². The molecule has 0 spiro atoms. The van der Waals surface area contributed by atoms with Crippen molar-refractivity contribution in [3.05, 3.63) is 53.3 Å². The van der Waals surface area contributed by atoms with E-state index in [1.165, 1.54) is 5.56 Å². The molecule has 0 fully saturated rings. The summed E-state index contributed by atoms with van der Waals surface area (Å²) in [7, 11) is 5.28. The second-order valence-corrected chi connectivity index (χ2v) is 6.54. The molecule has 0 radical (unpaired) electrons. The van der Waals surface area contributed by atoms with E-state index in [0.717, 1.165) is 31.6 Å². The molecule has 0 bridgehead atoms. The molecular formula is C20H25N3O3. The van der Waals surface area contributed by atoms with Crippen LogP contribution in [0, 0.1) is 0 Å². The molecule has 2 aromatic rings. The number of carbonyl (C=O) groups excluding carboxylic acids is 1. The molecule has 6 nitrogen and oxygen atoms in total. The number of amides is 1. The lowest BCUT2D eigenvalue weighted by atomic mass is 10.1. The molecule has 0 saturated heterocycles. The van der Waals surface area contributed by atoms with Crippen LogP contribution in [-0.4, -0.2) is 55.0 Å². The van der Waals surface area contributed by atoms with Crippen LogP contribution in [0.15, 0.2) is 36.7 Å². The summed E-state index contributed by atoms with van der Waals surface area (Å²) in [5.41, 5.74) is 2.90. The predicted molar refractivity (Wildman–Crippen MR) is 99.5 cm³/mol. The second-order valence-electron chi connectivity index (χ2n) is 6.54. The maximum atomic E-state index is 12.6. The normalized spacial score (nSPS) is 13.2. The Kier molecular flexibility index (Phi) is 5.73. The third kappa shape index (κ3) is 3.96. The molecule has 6 heteroatoms. The van der Waals surface area contributed by atoms with Gasteiger partial charge in [0.1, 0.15) is 0 Å². The number of hydrogen-bond acceptors (Lipinski definition) is 5. The number of hydrogen-bond donors (Lipinski definition) is 0. The number of benzene rings is 1. The van der Waals surface area contributed by atoms with Gasteiger partial charge in [0, 0.05) is 37.6 Å². The number of methoxy groups -OCH3 is 2. The number of nitrogens with zero attached hydrogens (tertiary/aromatic N) is 3. The minimum Gasteiger partial charge on any atom is -0.493 e. The van der Waals surface area contributed by atoms with Crippen LogP contribution >= 0.6 is 0 Å². The van der Waals surface area contributed by atoms with E-state index in [2.05, 4.69) is 23.0 Å². The zero-order valence-corrected chi connectivity index (χ0v) is 15.6. The van der Waals surface area contributed by atoms with Crippen LogP contribution in [0.1, 0.15) is 27.9 Å². The average Bonchev–Trinajstić information content (AvgIpc) is 2.96. The Balaban J connectivity index is 1.54. The highest BCUT2D eigenvalue weighted by molar-refractivity contribution is 5.99. The lowest BCUT2D eigenvalue weighted by Crippen LogP contribution is -2.28. The summed E-state index contributed by atoms with van der Waals surface area (Å²) in [6, 6.07) is 7.71. The quantitative estimate of drug-likeness (QED) is 0.728. The first-order valence-corrected chi connectivity index (χ1v) is 8.74. The molecule has 138 valence electrons. The Morgan fingerprint density at radius 3 is 2.69 bits per heavy atom.